The second kappa shape index (κ2) is 3.52. The van der Waals surface area contributed by atoms with E-state index in [1.165, 1.54) is 26.4 Å². The molecule has 0 aromatic heterocycles. The third-order valence-electron chi connectivity index (χ3n) is 3.33. The van der Waals surface area contributed by atoms with Crippen molar-refractivity contribution in [2.75, 3.05) is 7.11 Å². The van der Waals surface area contributed by atoms with Crippen LogP contribution in [0.4, 0.5) is 0 Å². The van der Waals surface area contributed by atoms with Gasteiger partial charge in [0, 0.05) is 0 Å². The second-order valence-corrected chi connectivity index (χ2v) is 4.08. The van der Waals surface area contributed by atoms with Gasteiger partial charge >= 0.3 is 5.97 Å². The lowest BCUT2D eigenvalue weighted by molar-refractivity contribution is -0.147. The minimum Gasteiger partial charge on any atom is -0.469 e. The molecule has 0 spiro atoms. The highest BCUT2D eigenvalue weighted by Gasteiger charge is 2.33. The van der Waals surface area contributed by atoms with Crippen LogP contribution in [0, 0.1) is 11.8 Å². The zero-order valence-corrected chi connectivity index (χ0v) is 8.08. The van der Waals surface area contributed by atoms with E-state index in [2.05, 4.69) is 6.08 Å². The topological polar surface area (TPSA) is 26.3 Å². The molecule has 1 fully saturated rings. The maximum Gasteiger partial charge on any atom is 0.309 e. The van der Waals surface area contributed by atoms with Gasteiger partial charge in [0.25, 0.3) is 0 Å². The Morgan fingerprint density at radius 2 is 2.46 bits per heavy atom. The highest BCUT2D eigenvalue weighted by atomic mass is 16.5. The van der Waals surface area contributed by atoms with Crippen LogP contribution in [0.25, 0.3) is 0 Å². The fourth-order valence-electron chi connectivity index (χ4n) is 2.59. The summed E-state index contributed by atoms with van der Waals surface area (Å²) in [7, 11) is 1.49. The van der Waals surface area contributed by atoms with E-state index in [4.69, 9.17) is 4.74 Å². The first kappa shape index (κ1) is 8.79. The lowest BCUT2D eigenvalue weighted by Gasteiger charge is -2.33. The Kier molecular flexibility index (Phi) is 2.38. The van der Waals surface area contributed by atoms with E-state index < -0.39 is 0 Å². The highest BCUT2D eigenvalue weighted by Crippen LogP contribution is 2.39. The maximum absolute atomic E-state index is 11.4. The molecule has 2 nitrogen and oxygen atoms in total. The number of allylic oxidation sites excluding steroid dienone is 2. The average molecular weight is 180 g/mol. The van der Waals surface area contributed by atoms with Gasteiger partial charge in [0.15, 0.2) is 0 Å². The van der Waals surface area contributed by atoms with Crippen LogP contribution >= 0.6 is 0 Å². The second-order valence-electron chi connectivity index (χ2n) is 4.08. The van der Waals surface area contributed by atoms with E-state index in [1.54, 1.807) is 5.57 Å². The number of carbonyl (C=O) groups excluding carboxylic acids is 1. The third-order valence-corrected chi connectivity index (χ3v) is 3.33. The van der Waals surface area contributed by atoms with E-state index >= 15 is 0 Å². The van der Waals surface area contributed by atoms with Crippen LogP contribution in [0.5, 0.6) is 0 Å². The van der Waals surface area contributed by atoms with Gasteiger partial charge in [-0.25, -0.2) is 0 Å². The van der Waals surface area contributed by atoms with Crippen molar-refractivity contribution < 1.29 is 9.53 Å². The zero-order valence-electron chi connectivity index (χ0n) is 8.08. The Bertz CT molecular complexity index is 242. The molecule has 0 radical (unpaired) electrons. The van der Waals surface area contributed by atoms with Crippen molar-refractivity contribution in [1.29, 1.82) is 0 Å². The number of carbonyl (C=O) groups is 1. The maximum atomic E-state index is 11.4. The van der Waals surface area contributed by atoms with Crippen molar-refractivity contribution in [2.45, 2.75) is 32.1 Å². The lowest BCUT2D eigenvalue weighted by Crippen LogP contribution is -2.29. The Hall–Kier alpha value is -0.790. The molecular formula is C11H16O2. The summed E-state index contributed by atoms with van der Waals surface area (Å²) in [5, 5.41) is 0. The quantitative estimate of drug-likeness (QED) is 0.457. The Morgan fingerprint density at radius 1 is 1.62 bits per heavy atom. The number of hydrogen-bond donors (Lipinski definition) is 0. The van der Waals surface area contributed by atoms with Gasteiger partial charge in [0.05, 0.1) is 13.0 Å². The molecule has 2 rings (SSSR count). The first-order valence-corrected chi connectivity index (χ1v) is 5.07. The average Bonchev–Trinajstić information content (AvgIpc) is 2.18. The Labute approximate surface area is 79.0 Å². The van der Waals surface area contributed by atoms with Gasteiger partial charge in [0.1, 0.15) is 0 Å². The first-order chi connectivity index (χ1) is 6.31. The van der Waals surface area contributed by atoms with E-state index in [0.717, 1.165) is 12.8 Å². The molecule has 0 saturated heterocycles. The summed E-state index contributed by atoms with van der Waals surface area (Å²) in [4.78, 5) is 11.4. The monoisotopic (exact) mass is 180 g/mol. The predicted molar refractivity (Wildman–Crippen MR) is 50.2 cm³/mol. The highest BCUT2D eigenvalue weighted by molar-refractivity contribution is 5.73. The van der Waals surface area contributed by atoms with Crippen molar-refractivity contribution in [3.8, 4) is 0 Å². The van der Waals surface area contributed by atoms with Gasteiger partial charge in [0.2, 0.25) is 0 Å². The molecule has 2 aliphatic rings. The summed E-state index contributed by atoms with van der Waals surface area (Å²) in [6.45, 7) is 0. The third kappa shape index (κ3) is 1.62. The summed E-state index contributed by atoms with van der Waals surface area (Å²) in [5.74, 6) is 0.706. The number of rotatable bonds is 1. The van der Waals surface area contributed by atoms with Gasteiger partial charge in [-0.1, -0.05) is 11.6 Å². The number of esters is 1. The van der Waals surface area contributed by atoms with Crippen LogP contribution in [-0.2, 0) is 9.53 Å². The summed E-state index contributed by atoms with van der Waals surface area (Å²) in [6.07, 6.45) is 8.01. The summed E-state index contributed by atoms with van der Waals surface area (Å²) >= 11 is 0. The molecule has 0 N–H and O–H groups in total. The molecule has 2 bridgehead atoms. The SMILES string of the molecule is COC(=O)[C@H]1CC=C2CCC[C@@H]1C2. The fraction of sp³-hybridized carbons (Fsp3) is 0.727. The molecule has 2 heteroatoms. The van der Waals surface area contributed by atoms with Crippen molar-refractivity contribution in [2.24, 2.45) is 11.8 Å². The van der Waals surface area contributed by atoms with Gasteiger partial charge in [-0.15, -0.1) is 0 Å². The lowest BCUT2D eigenvalue weighted by atomic mass is 9.72. The van der Waals surface area contributed by atoms with Crippen LogP contribution in [0.2, 0.25) is 0 Å². The molecule has 0 heterocycles. The van der Waals surface area contributed by atoms with Crippen molar-refractivity contribution in [3.63, 3.8) is 0 Å². The van der Waals surface area contributed by atoms with Gasteiger partial charge in [-0.05, 0) is 38.0 Å². The fourth-order valence-corrected chi connectivity index (χ4v) is 2.59. The molecule has 0 unspecified atom stereocenters. The normalized spacial score (nSPS) is 32.2. The summed E-state index contributed by atoms with van der Waals surface area (Å²) in [5.41, 5.74) is 1.57. The van der Waals surface area contributed by atoms with Crippen molar-refractivity contribution >= 4 is 5.97 Å². The molecule has 2 aliphatic carbocycles. The number of ether oxygens (including phenoxy) is 1. The van der Waals surface area contributed by atoms with Crippen LogP contribution in [0.15, 0.2) is 11.6 Å². The molecule has 1 saturated carbocycles. The molecule has 13 heavy (non-hydrogen) atoms. The molecule has 0 amide bonds. The Balaban J connectivity index is 2.10. The number of hydrogen-bond acceptors (Lipinski definition) is 2. The van der Waals surface area contributed by atoms with Crippen LogP contribution in [0.3, 0.4) is 0 Å². The van der Waals surface area contributed by atoms with Crippen molar-refractivity contribution in [1.82, 2.24) is 0 Å². The van der Waals surface area contributed by atoms with Gasteiger partial charge in [-0.3, -0.25) is 4.79 Å². The molecule has 2 atom stereocenters. The van der Waals surface area contributed by atoms with Gasteiger partial charge < -0.3 is 4.74 Å². The molecule has 72 valence electrons. The molecular weight excluding hydrogens is 164 g/mol. The minimum atomic E-state index is -0.0119. The first-order valence-electron chi connectivity index (χ1n) is 5.07. The van der Waals surface area contributed by atoms with E-state index in [-0.39, 0.29) is 11.9 Å². The van der Waals surface area contributed by atoms with Crippen LogP contribution in [-0.4, -0.2) is 13.1 Å². The molecule has 0 aromatic rings. The van der Waals surface area contributed by atoms with Crippen LogP contribution in [0.1, 0.15) is 32.1 Å². The molecule has 0 aromatic carbocycles. The van der Waals surface area contributed by atoms with E-state index in [9.17, 15) is 4.79 Å². The molecule has 0 aliphatic heterocycles. The number of fused-ring (bicyclic) bond motifs is 2. The smallest absolute Gasteiger partial charge is 0.309 e. The standard InChI is InChI=1S/C11H16O2/c1-13-11(12)10-6-5-8-3-2-4-9(10)7-8/h5,9-10H,2-4,6-7H2,1H3/t9-,10+/m1/s1. The number of methoxy groups -OCH3 is 1. The largest absolute Gasteiger partial charge is 0.469 e. The van der Waals surface area contributed by atoms with Crippen molar-refractivity contribution in [3.05, 3.63) is 11.6 Å². The summed E-state index contributed by atoms with van der Waals surface area (Å²) < 4.78 is 4.81. The Morgan fingerprint density at radius 3 is 3.23 bits per heavy atom. The predicted octanol–water partition coefficient (Wildman–Crippen LogP) is 2.30. The minimum absolute atomic E-state index is 0.0119. The zero-order chi connectivity index (χ0) is 9.26. The van der Waals surface area contributed by atoms with Gasteiger partial charge in [-0.2, -0.15) is 0 Å². The summed E-state index contributed by atoms with van der Waals surface area (Å²) in [6, 6.07) is 0. The van der Waals surface area contributed by atoms with E-state index in [1.807, 2.05) is 0 Å². The van der Waals surface area contributed by atoms with Crippen LogP contribution < -0.4 is 0 Å². The van der Waals surface area contributed by atoms with E-state index in [0.29, 0.717) is 5.92 Å².